The van der Waals surface area contributed by atoms with E-state index in [1.807, 2.05) is 0 Å². The minimum atomic E-state index is -0.282. The molecule has 0 atom stereocenters. The normalized spacial score (nSPS) is 14.7. The lowest BCUT2D eigenvalue weighted by Gasteiger charge is -2.08. The molecule has 1 fully saturated rings. The number of anilines is 1. The van der Waals surface area contributed by atoms with Crippen molar-refractivity contribution in [3.63, 3.8) is 0 Å². The van der Waals surface area contributed by atoms with E-state index in [0.29, 0.717) is 24.7 Å². The Morgan fingerprint density at radius 3 is 2.88 bits per heavy atom. The first-order valence-corrected chi connectivity index (χ1v) is 5.94. The molecule has 1 saturated carbocycles. The first-order chi connectivity index (χ1) is 8.15. The van der Waals surface area contributed by atoms with Crippen molar-refractivity contribution in [1.29, 1.82) is 0 Å². The Morgan fingerprint density at radius 2 is 2.24 bits per heavy atom. The molecule has 1 aromatic rings. The molecule has 0 spiro atoms. The van der Waals surface area contributed by atoms with Gasteiger partial charge in [0.1, 0.15) is 5.82 Å². The molecule has 2 N–H and O–H groups in total. The summed E-state index contributed by atoms with van der Waals surface area (Å²) < 4.78 is 12.9. The van der Waals surface area contributed by atoms with Crippen molar-refractivity contribution in [3.8, 4) is 0 Å². The average molecular weight is 236 g/mol. The molecule has 2 rings (SSSR count). The third kappa shape index (κ3) is 3.82. The van der Waals surface area contributed by atoms with Gasteiger partial charge in [-0.25, -0.2) is 4.39 Å². The van der Waals surface area contributed by atoms with Crippen molar-refractivity contribution < 1.29 is 9.18 Å². The molecule has 0 radical (unpaired) electrons. The van der Waals surface area contributed by atoms with E-state index in [1.54, 1.807) is 13.0 Å². The summed E-state index contributed by atoms with van der Waals surface area (Å²) in [6, 6.07) is 4.98. The second-order valence-electron chi connectivity index (χ2n) is 4.49. The smallest absolute Gasteiger partial charge is 0.225 e. The number of benzene rings is 1. The van der Waals surface area contributed by atoms with Gasteiger partial charge in [0.05, 0.1) is 0 Å². The summed E-state index contributed by atoms with van der Waals surface area (Å²) in [5, 5.41) is 6.06. The molecule has 0 aliphatic heterocycles. The highest BCUT2D eigenvalue weighted by atomic mass is 19.1. The van der Waals surface area contributed by atoms with Crippen LogP contribution in [-0.4, -0.2) is 18.5 Å². The highest BCUT2D eigenvalue weighted by Crippen LogP contribution is 2.18. The number of aryl methyl sites for hydroxylation is 1. The van der Waals surface area contributed by atoms with E-state index in [4.69, 9.17) is 0 Å². The van der Waals surface area contributed by atoms with Crippen LogP contribution >= 0.6 is 0 Å². The number of halogens is 1. The van der Waals surface area contributed by atoms with Gasteiger partial charge in [-0.1, -0.05) is 0 Å². The number of nitrogens with one attached hydrogen (secondary N) is 2. The quantitative estimate of drug-likeness (QED) is 0.823. The van der Waals surface area contributed by atoms with E-state index < -0.39 is 0 Å². The minimum Gasteiger partial charge on any atom is -0.326 e. The molecule has 0 bridgehead atoms. The Labute approximate surface area is 100 Å². The summed E-state index contributed by atoms with van der Waals surface area (Å²) in [4.78, 5) is 11.6. The number of carbonyl (C=O) groups excluding carboxylic acids is 1. The standard InChI is InChI=1S/C13H17FN2O/c1-9-8-10(14)2-5-12(9)16-13(17)6-7-15-11-3-4-11/h2,5,8,11,15H,3-4,6-7H2,1H3,(H,16,17). The number of carbonyl (C=O) groups is 1. The third-order valence-electron chi connectivity index (χ3n) is 2.82. The predicted octanol–water partition coefficient (Wildman–Crippen LogP) is 2.21. The first kappa shape index (κ1) is 12.0. The maximum absolute atomic E-state index is 12.9. The van der Waals surface area contributed by atoms with Gasteiger partial charge in [0.15, 0.2) is 0 Å². The third-order valence-corrected chi connectivity index (χ3v) is 2.82. The highest BCUT2D eigenvalue weighted by Gasteiger charge is 2.20. The second kappa shape index (κ2) is 5.27. The molecular weight excluding hydrogens is 219 g/mol. The van der Waals surface area contributed by atoms with Gasteiger partial charge in [-0.2, -0.15) is 0 Å². The maximum atomic E-state index is 12.9. The van der Waals surface area contributed by atoms with Crippen molar-refractivity contribution in [3.05, 3.63) is 29.6 Å². The molecule has 0 unspecified atom stereocenters. The molecular formula is C13H17FN2O. The molecule has 3 nitrogen and oxygen atoms in total. The maximum Gasteiger partial charge on any atom is 0.225 e. The van der Waals surface area contributed by atoms with Crippen molar-refractivity contribution in [2.75, 3.05) is 11.9 Å². The van der Waals surface area contributed by atoms with Crippen LogP contribution in [0.2, 0.25) is 0 Å². The molecule has 0 saturated heterocycles. The molecule has 0 heterocycles. The summed E-state index contributed by atoms with van der Waals surface area (Å²) >= 11 is 0. The van der Waals surface area contributed by atoms with Crippen molar-refractivity contribution in [1.82, 2.24) is 5.32 Å². The number of hydrogen-bond acceptors (Lipinski definition) is 2. The minimum absolute atomic E-state index is 0.0344. The topological polar surface area (TPSA) is 41.1 Å². The SMILES string of the molecule is Cc1cc(F)ccc1NC(=O)CCNC1CC1. The van der Waals surface area contributed by atoms with Gasteiger partial charge in [-0.05, 0) is 43.5 Å². The number of amides is 1. The summed E-state index contributed by atoms with van der Waals surface area (Å²) in [6.07, 6.45) is 2.89. The van der Waals surface area contributed by atoms with E-state index >= 15 is 0 Å². The lowest BCUT2D eigenvalue weighted by Crippen LogP contribution is -2.23. The molecule has 0 aromatic heterocycles. The molecule has 17 heavy (non-hydrogen) atoms. The van der Waals surface area contributed by atoms with Crippen molar-refractivity contribution in [2.45, 2.75) is 32.2 Å². The fourth-order valence-electron chi connectivity index (χ4n) is 1.66. The van der Waals surface area contributed by atoms with Crippen LogP contribution in [0.3, 0.4) is 0 Å². The summed E-state index contributed by atoms with van der Waals surface area (Å²) in [5.74, 6) is -0.316. The van der Waals surface area contributed by atoms with Gasteiger partial charge >= 0.3 is 0 Å². The van der Waals surface area contributed by atoms with Crippen LogP contribution < -0.4 is 10.6 Å². The average Bonchev–Trinajstić information content (AvgIpc) is 3.06. The van der Waals surface area contributed by atoms with Gasteiger partial charge in [-0.3, -0.25) is 4.79 Å². The Balaban J connectivity index is 1.79. The molecule has 1 aromatic carbocycles. The van der Waals surface area contributed by atoms with Crippen LogP contribution in [0.1, 0.15) is 24.8 Å². The summed E-state index contributed by atoms with van der Waals surface area (Å²) in [7, 11) is 0. The van der Waals surface area contributed by atoms with Gasteiger partial charge < -0.3 is 10.6 Å². The zero-order valence-corrected chi connectivity index (χ0v) is 9.92. The number of rotatable bonds is 5. The second-order valence-corrected chi connectivity index (χ2v) is 4.49. The van der Waals surface area contributed by atoms with Gasteiger partial charge in [0.2, 0.25) is 5.91 Å². The van der Waals surface area contributed by atoms with Gasteiger partial charge in [0, 0.05) is 24.7 Å². The fourth-order valence-corrected chi connectivity index (χ4v) is 1.66. The van der Waals surface area contributed by atoms with E-state index in [0.717, 1.165) is 5.56 Å². The summed E-state index contributed by atoms with van der Waals surface area (Å²) in [6.45, 7) is 2.48. The van der Waals surface area contributed by atoms with Crippen LogP contribution in [0.15, 0.2) is 18.2 Å². The van der Waals surface area contributed by atoms with Gasteiger partial charge in [0.25, 0.3) is 0 Å². The first-order valence-electron chi connectivity index (χ1n) is 5.94. The van der Waals surface area contributed by atoms with Crippen molar-refractivity contribution >= 4 is 11.6 Å². The summed E-state index contributed by atoms with van der Waals surface area (Å²) in [5.41, 5.74) is 1.43. The highest BCUT2D eigenvalue weighted by molar-refractivity contribution is 5.91. The van der Waals surface area contributed by atoms with E-state index in [2.05, 4.69) is 10.6 Å². The molecule has 1 aliphatic carbocycles. The van der Waals surface area contributed by atoms with E-state index in [9.17, 15) is 9.18 Å². The monoisotopic (exact) mass is 236 g/mol. The Hall–Kier alpha value is -1.42. The Kier molecular flexibility index (Phi) is 3.74. The van der Waals surface area contributed by atoms with Crippen LogP contribution in [0.25, 0.3) is 0 Å². The number of hydrogen-bond donors (Lipinski definition) is 2. The van der Waals surface area contributed by atoms with Crippen molar-refractivity contribution in [2.24, 2.45) is 0 Å². The largest absolute Gasteiger partial charge is 0.326 e. The molecule has 1 amide bonds. The zero-order chi connectivity index (χ0) is 12.3. The molecule has 92 valence electrons. The van der Waals surface area contributed by atoms with Crippen LogP contribution in [0, 0.1) is 12.7 Å². The Bertz CT molecular complexity index is 416. The van der Waals surface area contributed by atoms with E-state index in [-0.39, 0.29) is 11.7 Å². The van der Waals surface area contributed by atoms with Crippen LogP contribution in [0.5, 0.6) is 0 Å². The van der Waals surface area contributed by atoms with Crippen LogP contribution in [-0.2, 0) is 4.79 Å². The van der Waals surface area contributed by atoms with Gasteiger partial charge in [-0.15, -0.1) is 0 Å². The fraction of sp³-hybridized carbons (Fsp3) is 0.462. The molecule has 4 heteroatoms. The molecule has 1 aliphatic rings. The Morgan fingerprint density at radius 1 is 1.47 bits per heavy atom. The van der Waals surface area contributed by atoms with Crippen LogP contribution in [0.4, 0.5) is 10.1 Å². The lowest BCUT2D eigenvalue weighted by molar-refractivity contribution is -0.116. The lowest BCUT2D eigenvalue weighted by atomic mass is 10.2. The predicted molar refractivity (Wildman–Crippen MR) is 65.4 cm³/mol. The zero-order valence-electron chi connectivity index (χ0n) is 9.92. The van der Waals surface area contributed by atoms with E-state index in [1.165, 1.54) is 25.0 Å².